The molecule has 1 aromatic carbocycles. The summed E-state index contributed by atoms with van der Waals surface area (Å²) < 4.78 is 0. The lowest BCUT2D eigenvalue weighted by atomic mass is 9.79. The van der Waals surface area contributed by atoms with Gasteiger partial charge in [-0.2, -0.15) is 0 Å². The lowest BCUT2D eigenvalue weighted by Gasteiger charge is -2.37. The standard InChI is InChI=1S/C16H23NO/c18-16(9-4-10-16)12-17-11-14-7-3-6-13-5-1-2-8-15(13)14/h1-2,5,8,14,17-18H,3-4,6-7,9-12H2. The van der Waals surface area contributed by atoms with E-state index in [4.69, 9.17) is 0 Å². The van der Waals surface area contributed by atoms with Gasteiger partial charge in [0.05, 0.1) is 5.60 Å². The number of aryl methyl sites for hydroxylation is 1. The summed E-state index contributed by atoms with van der Waals surface area (Å²) in [5.74, 6) is 0.638. The summed E-state index contributed by atoms with van der Waals surface area (Å²) in [6.07, 6.45) is 6.94. The van der Waals surface area contributed by atoms with Crippen molar-refractivity contribution in [3.05, 3.63) is 35.4 Å². The first kappa shape index (κ1) is 12.2. The van der Waals surface area contributed by atoms with Gasteiger partial charge in [-0.3, -0.25) is 0 Å². The van der Waals surface area contributed by atoms with E-state index in [2.05, 4.69) is 29.6 Å². The lowest BCUT2D eigenvalue weighted by Crippen LogP contribution is -2.47. The van der Waals surface area contributed by atoms with Crippen molar-refractivity contribution < 1.29 is 5.11 Å². The summed E-state index contributed by atoms with van der Waals surface area (Å²) in [5.41, 5.74) is 2.66. The predicted molar refractivity (Wildman–Crippen MR) is 73.8 cm³/mol. The Kier molecular flexibility index (Phi) is 3.40. The van der Waals surface area contributed by atoms with Crippen LogP contribution in [0.15, 0.2) is 24.3 Å². The molecule has 1 fully saturated rings. The average Bonchev–Trinajstić information content (AvgIpc) is 2.37. The minimum absolute atomic E-state index is 0.395. The van der Waals surface area contributed by atoms with Gasteiger partial charge in [0.25, 0.3) is 0 Å². The first-order chi connectivity index (χ1) is 8.77. The Bertz CT molecular complexity index is 411. The van der Waals surface area contributed by atoms with Crippen LogP contribution in [0.1, 0.15) is 49.1 Å². The first-order valence-corrected chi connectivity index (χ1v) is 7.28. The molecule has 0 amide bonds. The van der Waals surface area contributed by atoms with E-state index in [1.807, 2.05) is 0 Å². The van der Waals surface area contributed by atoms with Gasteiger partial charge in [0.15, 0.2) is 0 Å². The molecule has 0 heterocycles. The van der Waals surface area contributed by atoms with Crippen LogP contribution in [0.4, 0.5) is 0 Å². The van der Waals surface area contributed by atoms with Crippen LogP contribution < -0.4 is 5.32 Å². The average molecular weight is 245 g/mol. The molecular weight excluding hydrogens is 222 g/mol. The van der Waals surface area contributed by atoms with Crippen molar-refractivity contribution in [1.29, 1.82) is 0 Å². The Hall–Kier alpha value is -0.860. The van der Waals surface area contributed by atoms with Gasteiger partial charge in [0, 0.05) is 13.1 Å². The minimum Gasteiger partial charge on any atom is -0.389 e. The van der Waals surface area contributed by atoms with Crippen molar-refractivity contribution in [2.24, 2.45) is 0 Å². The highest BCUT2D eigenvalue weighted by Crippen LogP contribution is 2.32. The molecule has 2 aliphatic rings. The molecule has 0 aliphatic heterocycles. The fourth-order valence-corrected chi connectivity index (χ4v) is 3.31. The van der Waals surface area contributed by atoms with Crippen LogP contribution in [0, 0.1) is 0 Å². The maximum atomic E-state index is 10.1. The van der Waals surface area contributed by atoms with Gasteiger partial charge in [-0.15, -0.1) is 0 Å². The maximum absolute atomic E-state index is 10.1. The van der Waals surface area contributed by atoms with Crippen LogP contribution in [0.5, 0.6) is 0 Å². The van der Waals surface area contributed by atoms with Crippen molar-refractivity contribution in [1.82, 2.24) is 5.32 Å². The largest absolute Gasteiger partial charge is 0.389 e. The summed E-state index contributed by atoms with van der Waals surface area (Å²) >= 11 is 0. The third-order valence-electron chi connectivity index (χ3n) is 4.62. The molecule has 18 heavy (non-hydrogen) atoms. The Morgan fingerprint density at radius 1 is 1.22 bits per heavy atom. The molecule has 0 aromatic heterocycles. The molecule has 1 saturated carbocycles. The van der Waals surface area contributed by atoms with Crippen LogP contribution in [0.2, 0.25) is 0 Å². The highest BCUT2D eigenvalue weighted by atomic mass is 16.3. The van der Waals surface area contributed by atoms with Crippen LogP contribution >= 0.6 is 0 Å². The zero-order valence-electron chi connectivity index (χ0n) is 11.0. The molecule has 0 radical (unpaired) electrons. The third kappa shape index (κ3) is 2.45. The van der Waals surface area contributed by atoms with Gasteiger partial charge in [-0.1, -0.05) is 24.3 Å². The van der Waals surface area contributed by atoms with E-state index in [0.717, 1.165) is 25.9 Å². The predicted octanol–water partition coefficient (Wildman–Crippen LogP) is 2.61. The molecule has 98 valence electrons. The summed E-state index contributed by atoms with van der Waals surface area (Å²) in [5, 5.41) is 13.6. The number of benzene rings is 1. The van der Waals surface area contributed by atoms with Gasteiger partial charge >= 0.3 is 0 Å². The van der Waals surface area contributed by atoms with E-state index in [-0.39, 0.29) is 0 Å². The SMILES string of the molecule is OC1(CNCC2CCCc3ccccc32)CCC1. The monoisotopic (exact) mass is 245 g/mol. The van der Waals surface area contributed by atoms with Gasteiger partial charge in [-0.05, 0) is 55.6 Å². The van der Waals surface area contributed by atoms with E-state index in [9.17, 15) is 5.11 Å². The molecule has 3 rings (SSSR count). The smallest absolute Gasteiger partial charge is 0.0771 e. The fraction of sp³-hybridized carbons (Fsp3) is 0.625. The molecule has 1 aromatic rings. The molecule has 0 saturated heterocycles. The van der Waals surface area contributed by atoms with E-state index < -0.39 is 5.60 Å². The third-order valence-corrected chi connectivity index (χ3v) is 4.62. The number of aliphatic hydroxyl groups is 1. The number of nitrogens with one attached hydrogen (secondary N) is 1. The van der Waals surface area contributed by atoms with Crippen LogP contribution in [0.3, 0.4) is 0 Å². The summed E-state index contributed by atoms with van der Waals surface area (Å²) in [7, 11) is 0. The van der Waals surface area contributed by atoms with Crippen molar-refractivity contribution in [2.75, 3.05) is 13.1 Å². The highest BCUT2D eigenvalue weighted by molar-refractivity contribution is 5.32. The van der Waals surface area contributed by atoms with Crippen molar-refractivity contribution in [3.63, 3.8) is 0 Å². The molecule has 2 N–H and O–H groups in total. The van der Waals surface area contributed by atoms with Gasteiger partial charge in [0.1, 0.15) is 0 Å². The van der Waals surface area contributed by atoms with Crippen LogP contribution in [0.25, 0.3) is 0 Å². The Balaban J connectivity index is 1.57. The normalized spacial score (nSPS) is 25.3. The second-order valence-corrected chi connectivity index (χ2v) is 6.00. The zero-order chi connectivity index (χ0) is 12.4. The number of hydrogen-bond acceptors (Lipinski definition) is 2. The van der Waals surface area contributed by atoms with Crippen molar-refractivity contribution in [2.45, 2.75) is 50.0 Å². The summed E-state index contributed by atoms with van der Waals surface area (Å²) in [6.45, 7) is 1.78. The van der Waals surface area contributed by atoms with Crippen LogP contribution in [-0.2, 0) is 6.42 Å². The number of hydrogen-bond donors (Lipinski definition) is 2. The Labute approximate surface area is 109 Å². The quantitative estimate of drug-likeness (QED) is 0.854. The van der Waals surface area contributed by atoms with Crippen molar-refractivity contribution >= 4 is 0 Å². The number of rotatable bonds is 4. The van der Waals surface area contributed by atoms with Gasteiger partial charge in [0.2, 0.25) is 0 Å². The molecule has 0 spiro atoms. The minimum atomic E-state index is -0.395. The van der Waals surface area contributed by atoms with Gasteiger partial charge < -0.3 is 10.4 Å². The van der Waals surface area contributed by atoms with E-state index in [1.165, 1.54) is 36.8 Å². The fourth-order valence-electron chi connectivity index (χ4n) is 3.31. The molecule has 0 bridgehead atoms. The molecule has 2 nitrogen and oxygen atoms in total. The van der Waals surface area contributed by atoms with E-state index >= 15 is 0 Å². The first-order valence-electron chi connectivity index (χ1n) is 7.28. The topological polar surface area (TPSA) is 32.3 Å². The molecule has 2 aliphatic carbocycles. The number of fused-ring (bicyclic) bond motifs is 1. The lowest BCUT2D eigenvalue weighted by molar-refractivity contribution is -0.0313. The molecule has 1 atom stereocenters. The zero-order valence-corrected chi connectivity index (χ0v) is 11.0. The second-order valence-electron chi connectivity index (χ2n) is 6.00. The second kappa shape index (κ2) is 5.02. The Morgan fingerprint density at radius 3 is 2.83 bits per heavy atom. The summed E-state index contributed by atoms with van der Waals surface area (Å²) in [6, 6.07) is 8.84. The van der Waals surface area contributed by atoms with Gasteiger partial charge in [-0.25, -0.2) is 0 Å². The van der Waals surface area contributed by atoms with Crippen LogP contribution in [-0.4, -0.2) is 23.8 Å². The van der Waals surface area contributed by atoms with E-state index in [1.54, 1.807) is 0 Å². The molecule has 1 unspecified atom stereocenters. The highest BCUT2D eigenvalue weighted by Gasteiger charge is 2.34. The molecular formula is C16H23NO. The summed E-state index contributed by atoms with van der Waals surface area (Å²) in [4.78, 5) is 0. The van der Waals surface area contributed by atoms with Crippen molar-refractivity contribution in [3.8, 4) is 0 Å². The Morgan fingerprint density at radius 2 is 2.06 bits per heavy atom. The maximum Gasteiger partial charge on any atom is 0.0771 e. The molecule has 2 heteroatoms. The van der Waals surface area contributed by atoms with E-state index in [0.29, 0.717) is 5.92 Å².